The number of halogens is 2. The fourth-order valence-corrected chi connectivity index (χ4v) is 0. The Morgan fingerprint density at radius 1 is 0.714 bits per heavy atom. The normalized spacial score (nSPS) is 10.9. The Morgan fingerprint density at radius 2 is 0.714 bits per heavy atom. The zero-order chi connectivity index (χ0) is 4.50. The van der Waals surface area contributed by atoms with Crippen LogP contribution in [0.2, 0.25) is 0 Å². The SMILES string of the molecule is C[PH](C)(C)C.F.F. The second-order valence-corrected chi connectivity index (χ2v) is 9.00. The van der Waals surface area contributed by atoms with E-state index in [0.717, 1.165) is 0 Å². The third-order valence-corrected chi connectivity index (χ3v) is 0. The first-order valence-corrected chi connectivity index (χ1v) is 6.00. The minimum atomic E-state index is -0.611. The van der Waals surface area contributed by atoms with Crippen molar-refractivity contribution < 1.29 is 9.41 Å². The minimum absolute atomic E-state index is 0. The summed E-state index contributed by atoms with van der Waals surface area (Å²) in [6, 6.07) is 0. The van der Waals surface area contributed by atoms with Crippen LogP contribution < -0.4 is 0 Å². The summed E-state index contributed by atoms with van der Waals surface area (Å²) in [6.07, 6.45) is 0. The van der Waals surface area contributed by atoms with Gasteiger partial charge in [-0.1, -0.05) is 0 Å². The first-order chi connectivity index (χ1) is 2.00. The Labute approximate surface area is 44.4 Å². The smallest absolute Gasteiger partial charge is 0.269 e. The van der Waals surface area contributed by atoms with Crippen LogP contribution in [-0.4, -0.2) is 26.7 Å². The largest absolute Gasteiger partial charge is 0.269 e. The van der Waals surface area contributed by atoms with Crippen LogP contribution in [0.4, 0.5) is 9.41 Å². The monoisotopic (exact) mass is 132 g/mol. The third-order valence-electron chi connectivity index (χ3n) is 0. The van der Waals surface area contributed by atoms with Gasteiger partial charge in [-0.25, -0.2) is 0 Å². The summed E-state index contributed by atoms with van der Waals surface area (Å²) in [5.41, 5.74) is 0. The number of hydrogen-bond acceptors (Lipinski definition) is 0. The molecule has 0 aromatic rings. The van der Waals surface area contributed by atoms with Crippen molar-refractivity contribution in [1.29, 1.82) is 0 Å². The molecular formula is C4H15F2P. The van der Waals surface area contributed by atoms with Crippen molar-refractivity contribution in [2.24, 2.45) is 0 Å². The maximum absolute atomic E-state index is 2.33. The van der Waals surface area contributed by atoms with Crippen LogP contribution in [-0.2, 0) is 0 Å². The molecule has 0 fully saturated rings. The molecule has 0 nitrogen and oxygen atoms in total. The van der Waals surface area contributed by atoms with E-state index in [2.05, 4.69) is 26.7 Å². The second-order valence-electron chi connectivity index (χ2n) is 3.00. The van der Waals surface area contributed by atoms with Crippen LogP contribution in [0.15, 0.2) is 0 Å². The molecule has 0 saturated carbocycles. The van der Waals surface area contributed by atoms with Crippen molar-refractivity contribution in [2.75, 3.05) is 26.7 Å². The van der Waals surface area contributed by atoms with Gasteiger partial charge in [-0.2, -0.15) is 0 Å². The Balaban J connectivity index is -0.0000000800. The molecule has 0 aliphatic heterocycles. The molecule has 0 aromatic carbocycles. The molecule has 0 radical (unpaired) electrons. The van der Waals surface area contributed by atoms with Crippen LogP contribution in [0.3, 0.4) is 0 Å². The van der Waals surface area contributed by atoms with Crippen LogP contribution in [0.25, 0.3) is 0 Å². The molecule has 0 saturated heterocycles. The number of rotatable bonds is 0. The van der Waals surface area contributed by atoms with E-state index in [4.69, 9.17) is 0 Å². The molecule has 0 atom stereocenters. The van der Waals surface area contributed by atoms with E-state index in [1.54, 1.807) is 0 Å². The molecule has 0 spiro atoms. The van der Waals surface area contributed by atoms with E-state index in [9.17, 15) is 0 Å². The van der Waals surface area contributed by atoms with Crippen molar-refractivity contribution in [3.8, 4) is 0 Å². The molecule has 0 bridgehead atoms. The van der Waals surface area contributed by atoms with Crippen molar-refractivity contribution in [1.82, 2.24) is 0 Å². The van der Waals surface area contributed by atoms with Gasteiger partial charge in [-0.15, -0.1) is 0 Å². The van der Waals surface area contributed by atoms with Crippen molar-refractivity contribution in [2.45, 2.75) is 0 Å². The Hall–Kier alpha value is 0.290. The quantitative estimate of drug-likeness (QED) is 0.439. The summed E-state index contributed by atoms with van der Waals surface area (Å²) in [5.74, 6) is 0. The fourth-order valence-electron chi connectivity index (χ4n) is 0. The Kier molecular flexibility index (Phi) is 9.96. The van der Waals surface area contributed by atoms with Gasteiger partial charge < -0.3 is 0 Å². The van der Waals surface area contributed by atoms with Crippen molar-refractivity contribution in [3.05, 3.63) is 0 Å². The number of hydrogen-bond donors (Lipinski definition) is 0. The van der Waals surface area contributed by atoms with Crippen molar-refractivity contribution in [3.63, 3.8) is 0 Å². The van der Waals surface area contributed by atoms with Gasteiger partial charge in [0.25, 0.3) is 0 Å². The summed E-state index contributed by atoms with van der Waals surface area (Å²) < 4.78 is 0. The Bertz CT molecular complexity index is 25.2. The molecular weight excluding hydrogens is 117 g/mol. The second kappa shape index (κ2) is 4.45. The Morgan fingerprint density at radius 3 is 0.714 bits per heavy atom. The van der Waals surface area contributed by atoms with Gasteiger partial charge in [0, 0.05) is 0 Å². The minimum Gasteiger partial charge on any atom is -0.269 e. The van der Waals surface area contributed by atoms with Crippen LogP contribution in [0.5, 0.6) is 0 Å². The first-order valence-electron chi connectivity index (χ1n) is 2.00. The summed E-state index contributed by atoms with van der Waals surface area (Å²) in [5, 5.41) is 0. The van der Waals surface area contributed by atoms with Crippen LogP contribution in [0.1, 0.15) is 0 Å². The summed E-state index contributed by atoms with van der Waals surface area (Å²) >= 11 is 0. The molecule has 0 N–H and O–H groups in total. The predicted molar refractivity (Wildman–Crippen MR) is 37.0 cm³/mol. The van der Waals surface area contributed by atoms with E-state index in [-0.39, 0.29) is 9.41 Å². The maximum atomic E-state index is 2.33. The van der Waals surface area contributed by atoms with Gasteiger partial charge in [0.15, 0.2) is 0 Å². The van der Waals surface area contributed by atoms with E-state index in [0.29, 0.717) is 0 Å². The van der Waals surface area contributed by atoms with Crippen LogP contribution in [0, 0.1) is 0 Å². The molecule has 3 heteroatoms. The van der Waals surface area contributed by atoms with Gasteiger partial charge in [0.1, 0.15) is 0 Å². The maximum Gasteiger partial charge on any atom is -0.269 e. The van der Waals surface area contributed by atoms with Crippen LogP contribution >= 0.6 is 7.26 Å². The fraction of sp³-hybridized carbons (Fsp3) is 1.00. The molecule has 0 unspecified atom stereocenters. The summed E-state index contributed by atoms with van der Waals surface area (Å²) in [6.45, 7) is 9.31. The summed E-state index contributed by atoms with van der Waals surface area (Å²) in [4.78, 5) is 0. The summed E-state index contributed by atoms with van der Waals surface area (Å²) in [7, 11) is -0.611. The molecule has 0 aliphatic rings. The predicted octanol–water partition coefficient (Wildman–Crippen LogP) is 1.56. The van der Waals surface area contributed by atoms with Gasteiger partial charge in [0.05, 0.1) is 0 Å². The molecule has 0 rings (SSSR count). The molecule has 0 heterocycles. The molecule has 7 heavy (non-hydrogen) atoms. The van der Waals surface area contributed by atoms with E-state index in [1.165, 1.54) is 0 Å². The van der Waals surface area contributed by atoms with E-state index >= 15 is 0 Å². The van der Waals surface area contributed by atoms with E-state index < -0.39 is 7.26 Å². The molecule has 50 valence electrons. The van der Waals surface area contributed by atoms with Gasteiger partial charge in [0.2, 0.25) is 0 Å². The first kappa shape index (κ1) is 15.7. The molecule has 0 amide bonds. The standard InChI is InChI=1S/C4H13P.2FH/c1-5(2,3)4;;/h5H,1-4H3;2*1H. The average molecular weight is 132 g/mol. The van der Waals surface area contributed by atoms with Gasteiger partial charge in [-0.3, -0.25) is 9.41 Å². The third kappa shape index (κ3) is 1380. The van der Waals surface area contributed by atoms with Gasteiger partial charge >= 0.3 is 33.9 Å². The van der Waals surface area contributed by atoms with Gasteiger partial charge in [-0.05, 0) is 0 Å². The molecule has 0 aromatic heterocycles. The average Bonchev–Trinajstić information content (AvgIpc) is 0.722. The zero-order valence-electron chi connectivity index (χ0n) is 5.32. The molecule has 0 aliphatic carbocycles. The topological polar surface area (TPSA) is 0 Å². The zero-order valence-corrected chi connectivity index (χ0v) is 6.32. The van der Waals surface area contributed by atoms with E-state index in [1.807, 2.05) is 0 Å². The van der Waals surface area contributed by atoms with Crippen molar-refractivity contribution >= 4 is 7.26 Å².